The van der Waals surface area contributed by atoms with Gasteiger partial charge in [0.25, 0.3) is 0 Å². The maximum absolute atomic E-state index is 14.7. The number of benzene rings is 1. The summed E-state index contributed by atoms with van der Waals surface area (Å²) in [5.41, 5.74) is 15.2. The highest BCUT2D eigenvalue weighted by Crippen LogP contribution is 2.21. The van der Waals surface area contributed by atoms with E-state index in [1.54, 1.807) is 12.1 Å². The van der Waals surface area contributed by atoms with Crippen molar-refractivity contribution in [3.8, 4) is 0 Å². The van der Waals surface area contributed by atoms with E-state index >= 15 is 0 Å². The molecule has 0 spiro atoms. The Bertz CT molecular complexity index is 1030. The summed E-state index contributed by atoms with van der Waals surface area (Å²) in [6, 6.07) is 10.9. The molecule has 1 fully saturated rings. The Morgan fingerprint density at radius 1 is 1.32 bits per heavy atom. The van der Waals surface area contributed by atoms with Gasteiger partial charge in [0.2, 0.25) is 5.52 Å². The van der Waals surface area contributed by atoms with Crippen LogP contribution in [0.1, 0.15) is 30.4 Å². The van der Waals surface area contributed by atoms with Crippen molar-refractivity contribution in [2.24, 2.45) is 23.7 Å². The summed E-state index contributed by atoms with van der Waals surface area (Å²) in [5.74, 6) is -0.168. The Hall–Kier alpha value is -2.93. The number of aryl methyl sites for hydroxylation is 1. The second kappa shape index (κ2) is 7.59. The molecule has 0 bridgehead atoms. The van der Waals surface area contributed by atoms with Gasteiger partial charge in [-0.25, -0.2) is 4.39 Å². The number of nitrogens with zero attached hydrogens (tertiary/aromatic N) is 3. The third kappa shape index (κ3) is 3.57. The summed E-state index contributed by atoms with van der Waals surface area (Å²) in [5, 5.41) is 3.96. The third-order valence-electron chi connectivity index (χ3n) is 5.41. The van der Waals surface area contributed by atoms with Gasteiger partial charge in [-0.15, -0.1) is 0 Å². The van der Waals surface area contributed by atoms with E-state index < -0.39 is 0 Å². The van der Waals surface area contributed by atoms with E-state index in [-0.39, 0.29) is 23.8 Å². The van der Waals surface area contributed by atoms with Crippen LogP contribution in [0.5, 0.6) is 0 Å². The fraction of sp³-hybridized carbons (Fsp3) is 0.333. The first-order valence-electron chi connectivity index (χ1n) is 9.50. The zero-order valence-electron chi connectivity index (χ0n) is 15.9. The Balaban J connectivity index is 1.51. The number of oxime groups is 1. The SMILES string of the molecule is C[n+]1cccc2c1ccn2Cc1ccc(C(N)=NOC2CCCC2N)cc1F. The summed E-state index contributed by atoms with van der Waals surface area (Å²) < 4.78 is 18.8. The predicted octanol–water partition coefficient (Wildman–Crippen LogP) is 2.17. The molecule has 0 radical (unpaired) electrons. The molecule has 1 saturated carbocycles. The van der Waals surface area contributed by atoms with Crippen molar-refractivity contribution < 1.29 is 13.8 Å². The Labute approximate surface area is 163 Å². The van der Waals surface area contributed by atoms with Crippen molar-refractivity contribution in [3.05, 3.63) is 65.7 Å². The highest BCUT2D eigenvalue weighted by molar-refractivity contribution is 5.97. The molecule has 0 saturated heterocycles. The van der Waals surface area contributed by atoms with Gasteiger partial charge in [0.05, 0.1) is 6.54 Å². The van der Waals surface area contributed by atoms with Crippen LogP contribution in [0.15, 0.2) is 53.9 Å². The first kappa shape index (κ1) is 18.4. The van der Waals surface area contributed by atoms with Crippen molar-refractivity contribution in [1.29, 1.82) is 0 Å². The number of nitrogens with two attached hydrogens (primary N) is 2. The number of fused-ring (bicyclic) bond motifs is 1. The zero-order valence-corrected chi connectivity index (χ0v) is 15.9. The first-order valence-corrected chi connectivity index (χ1v) is 9.50. The molecule has 146 valence electrons. The van der Waals surface area contributed by atoms with Crippen molar-refractivity contribution in [1.82, 2.24) is 4.57 Å². The number of pyridine rings is 1. The first-order chi connectivity index (χ1) is 13.5. The number of rotatable bonds is 5. The molecule has 7 heteroatoms. The molecule has 4 rings (SSSR count). The van der Waals surface area contributed by atoms with E-state index in [1.165, 1.54) is 6.07 Å². The smallest absolute Gasteiger partial charge is 0.230 e. The largest absolute Gasteiger partial charge is 0.389 e. The van der Waals surface area contributed by atoms with Gasteiger partial charge < -0.3 is 20.9 Å². The molecule has 1 aromatic carbocycles. The minimum absolute atomic E-state index is 0.0196. The van der Waals surface area contributed by atoms with E-state index in [0.717, 1.165) is 30.3 Å². The molecule has 28 heavy (non-hydrogen) atoms. The number of hydrogen-bond donors (Lipinski definition) is 2. The minimum atomic E-state index is -0.324. The minimum Gasteiger partial charge on any atom is -0.389 e. The normalized spacial score (nSPS) is 20.0. The number of amidine groups is 1. The van der Waals surface area contributed by atoms with Gasteiger partial charge in [-0.2, -0.15) is 4.57 Å². The Morgan fingerprint density at radius 2 is 2.18 bits per heavy atom. The molecular formula is C21H25FN5O+. The van der Waals surface area contributed by atoms with Gasteiger partial charge in [-0.3, -0.25) is 0 Å². The van der Waals surface area contributed by atoms with Crippen LogP contribution < -0.4 is 16.0 Å². The molecule has 3 aromatic rings. The lowest BCUT2D eigenvalue weighted by Crippen LogP contribution is -2.30. The van der Waals surface area contributed by atoms with Gasteiger partial charge >= 0.3 is 0 Å². The highest BCUT2D eigenvalue weighted by Gasteiger charge is 2.25. The molecule has 2 heterocycles. The number of hydrogen-bond acceptors (Lipinski definition) is 3. The molecule has 2 aromatic heterocycles. The van der Waals surface area contributed by atoms with Gasteiger partial charge in [-0.1, -0.05) is 17.3 Å². The van der Waals surface area contributed by atoms with E-state index in [2.05, 4.69) is 5.16 Å². The van der Waals surface area contributed by atoms with Crippen LogP contribution >= 0.6 is 0 Å². The molecule has 0 aliphatic heterocycles. The molecule has 4 N–H and O–H groups in total. The molecule has 2 atom stereocenters. The summed E-state index contributed by atoms with van der Waals surface area (Å²) in [6.45, 7) is 0.435. The van der Waals surface area contributed by atoms with Crippen LogP contribution in [-0.4, -0.2) is 22.5 Å². The summed E-state index contributed by atoms with van der Waals surface area (Å²) in [7, 11) is 1.99. The predicted molar refractivity (Wildman–Crippen MR) is 106 cm³/mol. The molecule has 1 aliphatic carbocycles. The third-order valence-corrected chi connectivity index (χ3v) is 5.41. The van der Waals surface area contributed by atoms with Crippen molar-refractivity contribution in [3.63, 3.8) is 0 Å². The lowest BCUT2D eigenvalue weighted by atomic mass is 10.1. The van der Waals surface area contributed by atoms with Crippen LogP contribution in [0.3, 0.4) is 0 Å². The van der Waals surface area contributed by atoms with Crippen LogP contribution in [0.25, 0.3) is 11.0 Å². The van der Waals surface area contributed by atoms with E-state index in [1.807, 2.05) is 46.8 Å². The highest BCUT2D eigenvalue weighted by atomic mass is 19.1. The average Bonchev–Trinajstić information content (AvgIpc) is 3.28. The number of aromatic nitrogens is 2. The Morgan fingerprint density at radius 3 is 2.93 bits per heavy atom. The van der Waals surface area contributed by atoms with Crippen molar-refractivity contribution in [2.75, 3.05) is 0 Å². The molecule has 2 unspecified atom stereocenters. The fourth-order valence-corrected chi connectivity index (χ4v) is 3.72. The maximum atomic E-state index is 14.7. The Kier molecular flexibility index (Phi) is 5.00. The van der Waals surface area contributed by atoms with Crippen LogP contribution in [-0.2, 0) is 18.4 Å². The zero-order chi connectivity index (χ0) is 19.7. The van der Waals surface area contributed by atoms with Gasteiger partial charge in [-0.05, 0) is 31.4 Å². The van der Waals surface area contributed by atoms with Gasteiger partial charge in [0, 0.05) is 35.5 Å². The van der Waals surface area contributed by atoms with Gasteiger partial charge in [0.15, 0.2) is 12.0 Å². The summed E-state index contributed by atoms with van der Waals surface area (Å²) in [6.07, 6.45) is 6.66. The van der Waals surface area contributed by atoms with Crippen molar-refractivity contribution >= 4 is 16.9 Å². The second-order valence-corrected chi connectivity index (χ2v) is 7.35. The standard InChI is InChI=1S/C21H25FN5O/c1-26-10-3-5-19-18(26)9-11-27(19)13-15-8-7-14(12-16(15)22)21(24)25-28-20-6-2-4-17(20)23/h3,5,7-12,17,20H,2,4,6,13,23H2,1H3,(H2,24,25)/q+1. The molecule has 1 aliphatic rings. The molecular weight excluding hydrogens is 357 g/mol. The lowest BCUT2D eigenvalue weighted by molar-refractivity contribution is -0.644. The lowest BCUT2D eigenvalue weighted by Gasteiger charge is -2.13. The van der Waals surface area contributed by atoms with Crippen LogP contribution in [0.4, 0.5) is 4.39 Å². The second-order valence-electron chi connectivity index (χ2n) is 7.35. The van der Waals surface area contributed by atoms with E-state index in [0.29, 0.717) is 17.7 Å². The van der Waals surface area contributed by atoms with Gasteiger partial charge in [0.1, 0.15) is 24.5 Å². The van der Waals surface area contributed by atoms with E-state index in [4.69, 9.17) is 16.3 Å². The topological polar surface area (TPSA) is 82.4 Å². The van der Waals surface area contributed by atoms with Crippen LogP contribution in [0, 0.1) is 5.82 Å². The molecule has 6 nitrogen and oxygen atoms in total. The fourth-order valence-electron chi connectivity index (χ4n) is 3.72. The summed E-state index contributed by atoms with van der Waals surface area (Å²) >= 11 is 0. The summed E-state index contributed by atoms with van der Waals surface area (Å²) in [4.78, 5) is 5.46. The maximum Gasteiger partial charge on any atom is 0.230 e. The number of halogens is 1. The average molecular weight is 382 g/mol. The molecule has 0 amide bonds. The quantitative estimate of drug-likeness (QED) is 0.307. The monoisotopic (exact) mass is 382 g/mol. The van der Waals surface area contributed by atoms with Crippen molar-refractivity contribution in [2.45, 2.75) is 38.0 Å². The van der Waals surface area contributed by atoms with E-state index in [9.17, 15) is 4.39 Å². The van der Waals surface area contributed by atoms with Crippen LogP contribution in [0.2, 0.25) is 0 Å².